The molecule has 1 atom stereocenters. The molecule has 0 fully saturated rings. The number of nitrogens with zero attached hydrogens (tertiary/aromatic N) is 2. The van der Waals surface area contributed by atoms with Crippen LogP contribution in [0.2, 0.25) is 5.02 Å². The van der Waals surface area contributed by atoms with Crippen LogP contribution in [0.4, 0.5) is 5.69 Å². The summed E-state index contributed by atoms with van der Waals surface area (Å²) in [6.07, 6.45) is -0.286. The second kappa shape index (κ2) is 7.59. The number of benzene rings is 2. The topological polar surface area (TPSA) is 68.3 Å². The third-order valence-electron chi connectivity index (χ3n) is 4.63. The number of rotatable bonds is 4. The number of fused-ring (bicyclic) bond motifs is 2. The monoisotopic (exact) mass is 402 g/mol. The smallest absolute Gasteiger partial charge is 0.265 e. The molecule has 28 heavy (non-hydrogen) atoms. The summed E-state index contributed by atoms with van der Waals surface area (Å²) in [5, 5.41) is 0.467. The molecule has 0 aromatic heterocycles. The van der Waals surface area contributed by atoms with Gasteiger partial charge in [-0.15, -0.1) is 0 Å². The maximum Gasteiger partial charge on any atom is 0.265 e. The summed E-state index contributed by atoms with van der Waals surface area (Å²) in [5.74, 6) is 1.37. The highest BCUT2D eigenvalue weighted by Crippen LogP contribution is 2.34. The molecule has 2 heterocycles. The molecule has 0 saturated heterocycles. The SMILES string of the molecule is CN(C[C@@H]1COc2ccccc2O1)C(=O)CN1C(=O)COc2ccc(Cl)cc21. The van der Waals surface area contributed by atoms with Gasteiger partial charge in [-0.2, -0.15) is 0 Å². The van der Waals surface area contributed by atoms with Crippen molar-refractivity contribution < 1.29 is 23.8 Å². The summed E-state index contributed by atoms with van der Waals surface area (Å²) in [5.41, 5.74) is 0.497. The lowest BCUT2D eigenvalue weighted by atomic mass is 10.2. The molecule has 8 heteroatoms. The molecule has 0 saturated carbocycles. The van der Waals surface area contributed by atoms with Crippen molar-refractivity contribution in [3.8, 4) is 17.2 Å². The summed E-state index contributed by atoms with van der Waals surface area (Å²) in [6.45, 7) is 0.482. The standard InChI is InChI=1S/C20H19ClN2O5/c1-22(9-14-11-26-17-4-2-3-5-18(17)28-14)19(24)10-23-15-8-13(21)6-7-16(15)27-12-20(23)25/h2-8,14H,9-12H2,1H3/t14-/m1/s1. The van der Waals surface area contributed by atoms with Crippen molar-refractivity contribution in [2.75, 3.05) is 38.3 Å². The molecule has 2 aliphatic heterocycles. The van der Waals surface area contributed by atoms with Crippen LogP contribution in [0.3, 0.4) is 0 Å². The first-order valence-electron chi connectivity index (χ1n) is 8.86. The van der Waals surface area contributed by atoms with Crippen molar-refractivity contribution in [2.45, 2.75) is 6.10 Å². The Labute approximate surface area is 167 Å². The predicted octanol–water partition coefficient (Wildman–Crippen LogP) is 2.36. The largest absolute Gasteiger partial charge is 0.486 e. The van der Waals surface area contributed by atoms with E-state index in [1.54, 1.807) is 25.2 Å². The van der Waals surface area contributed by atoms with Gasteiger partial charge in [0.25, 0.3) is 5.91 Å². The summed E-state index contributed by atoms with van der Waals surface area (Å²) in [7, 11) is 1.68. The molecule has 2 aliphatic rings. The Morgan fingerprint density at radius 3 is 2.79 bits per heavy atom. The molecule has 4 rings (SSSR count). The van der Waals surface area contributed by atoms with E-state index in [2.05, 4.69) is 0 Å². The summed E-state index contributed by atoms with van der Waals surface area (Å²) >= 11 is 6.04. The number of ether oxygens (including phenoxy) is 3. The van der Waals surface area contributed by atoms with E-state index >= 15 is 0 Å². The second-order valence-electron chi connectivity index (χ2n) is 6.65. The van der Waals surface area contributed by atoms with Gasteiger partial charge in [-0.3, -0.25) is 14.5 Å². The first kappa shape index (κ1) is 18.4. The highest BCUT2D eigenvalue weighted by Gasteiger charge is 2.30. The van der Waals surface area contributed by atoms with E-state index in [4.69, 9.17) is 25.8 Å². The van der Waals surface area contributed by atoms with Crippen LogP contribution in [0, 0.1) is 0 Å². The molecule has 0 unspecified atom stereocenters. The molecule has 2 aromatic rings. The van der Waals surface area contributed by atoms with Crippen molar-refractivity contribution in [3.63, 3.8) is 0 Å². The lowest BCUT2D eigenvalue weighted by Gasteiger charge is -2.32. The van der Waals surface area contributed by atoms with Crippen molar-refractivity contribution in [2.24, 2.45) is 0 Å². The molecule has 0 aliphatic carbocycles. The Morgan fingerprint density at radius 1 is 1.18 bits per heavy atom. The number of carbonyl (C=O) groups is 2. The van der Waals surface area contributed by atoms with Crippen LogP contribution < -0.4 is 19.1 Å². The number of hydrogen-bond donors (Lipinski definition) is 0. The number of halogens is 1. The minimum absolute atomic E-state index is 0.101. The van der Waals surface area contributed by atoms with Crippen molar-refractivity contribution in [1.29, 1.82) is 0 Å². The number of likely N-dealkylation sites (N-methyl/N-ethyl adjacent to an activating group) is 1. The number of anilines is 1. The lowest BCUT2D eigenvalue weighted by Crippen LogP contribution is -2.48. The quantitative estimate of drug-likeness (QED) is 0.785. The zero-order valence-corrected chi connectivity index (χ0v) is 16.0. The van der Waals surface area contributed by atoms with Crippen LogP contribution in [-0.4, -0.2) is 56.2 Å². The Kier molecular flexibility index (Phi) is 5.00. The Morgan fingerprint density at radius 2 is 1.96 bits per heavy atom. The lowest BCUT2D eigenvalue weighted by molar-refractivity contribution is -0.132. The summed E-state index contributed by atoms with van der Waals surface area (Å²) in [6, 6.07) is 12.4. The predicted molar refractivity (Wildman–Crippen MR) is 103 cm³/mol. The van der Waals surface area contributed by atoms with Crippen molar-refractivity contribution >= 4 is 29.1 Å². The van der Waals surface area contributed by atoms with E-state index in [9.17, 15) is 9.59 Å². The summed E-state index contributed by atoms with van der Waals surface area (Å²) < 4.78 is 17.0. The summed E-state index contributed by atoms with van der Waals surface area (Å²) in [4.78, 5) is 28.0. The zero-order chi connectivity index (χ0) is 19.7. The van der Waals surface area contributed by atoms with Crippen LogP contribution in [0.15, 0.2) is 42.5 Å². The second-order valence-corrected chi connectivity index (χ2v) is 7.09. The molecule has 0 spiro atoms. The number of hydrogen-bond acceptors (Lipinski definition) is 5. The van der Waals surface area contributed by atoms with Crippen LogP contribution in [0.1, 0.15) is 0 Å². The van der Waals surface area contributed by atoms with E-state index in [1.165, 1.54) is 9.80 Å². The fourth-order valence-electron chi connectivity index (χ4n) is 3.16. The fourth-order valence-corrected chi connectivity index (χ4v) is 3.33. The molecular formula is C20H19ClN2O5. The molecule has 0 radical (unpaired) electrons. The van der Waals surface area contributed by atoms with Crippen LogP contribution in [0.5, 0.6) is 17.2 Å². The minimum Gasteiger partial charge on any atom is -0.486 e. The normalized spacial score (nSPS) is 17.6. The first-order chi connectivity index (χ1) is 13.5. The number of carbonyl (C=O) groups excluding carboxylic acids is 2. The van der Waals surface area contributed by atoms with E-state index < -0.39 is 0 Å². The average molecular weight is 403 g/mol. The number of para-hydroxylation sites is 2. The van der Waals surface area contributed by atoms with Gasteiger partial charge in [0.15, 0.2) is 24.2 Å². The minimum atomic E-state index is -0.289. The van der Waals surface area contributed by atoms with Crippen molar-refractivity contribution in [3.05, 3.63) is 47.5 Å². The Bertz CT molecular complexity index is 919. The third kappa shape index (κ3) is 3.71. The van der Waals surface area contributed by atoms with E-state index in [0.29, 0.717) is 41.1 Å². The van der Waals surface area contributed by atoms with Gasteiger partial charge in [0.05, 0.1) is 12.2 Å². The van der Waals surface area contributed by atoms with Gasteiger partial charge >= 0.3 is 0 Å². The molecule has 2 amide bonds. The maximum absolute atomic E-state index is 12.7. The van der Waals surface area contributed by atoms with Crippen molar-refractivity contribution in [1.82, 2.24) is 4.90 Å². The molecule has 0 N–H and O–H groups in total. The van der Waals surface area contributed by atoms with Crippen LogP contribution in [0.25, 0.3) is 0 Å². The van der Waals surface area contributed by atoms with Gasteiger partial charge in [0.1, 0.15) is 18.9 Å². The molecule has 7 nitrogen and oxygen atoms in total. The highest BCUT2D eigenvalue weighted by atomic mass is 35.5. The van der Waals surface area contributed by atoms with E-state index in [0.717, 1.165) is 0 Å². The molecular weight excluding hydrogens is 384 g/mol. The molecule has 0 bridgehead atoms. The van der Waals surface area contributed by atoms with Gasteiger partial charge in [0, 0.05) is 12.1 Å². The van der Waals surface area contributed by atoms with Crippen LogP contribution >= 0.6 is 11.6 Å². The highest BCUT2D eigenvalue weighted by molar-refractivity contribution is 6.31. The maximum atomic E-state index is 12.7. The number of amides is 2. The van der Waals surface area contributed by atoms with Gasteiger partial charge in [-0.05, 0) is 30.3 Å². The third-order valence-corrected chi connectivity index (χ3v) is 4.86. The van der Waals surface area contributed by atoms with E-state index in [1.807, 2.05) is 24.3 Å². The van der Waals surface area contributed by atoms with Gasteiger partial charge in [0.2, 0.25) is 5.91 Å². The Hall–Kier alpha value is -2.93. The van der Waals surface area contributed by atoms with Crippen LogP contribution in [-0.2, 0) is 9.59 Å². The Balaban J connectivity index is 1.41. The molecule has 146 valence electrons. The average Bonchev–Trinajstić information content (AvgIpc) is 2.70. The first-order valence-corrected chi connectivity index (χ1v) is 9.24. The van der Waals surface area contributed by atoms with Gasteiger partial charge in [-0.1, -0.05) is 23.7 Å². The fraction of sp³-hybridized carbons (Fsp3) is 0.300. The zero-order valence-electron chi connectivity index (χ0n) is 15.3. The van der Waals surface area contributed by atoms with Gasteiger partial charge < -0.3 is 19.1 Å². The van der Waals surface area contributed by atoms with E-state index in [-0.39, 0.29) is 31.1 Å². The molecule has 2 aromatic carbocycles. The van der Waals surface area contributed by atoms with Gasteiger partial charge in [-0.25, -0.2) is 0 Å².